The minimum Gasteiger partial charge on any atom is -0.350 e. The van der Waals surface area contributed by atoms with Crippen molar-refractivity contribution in [3.63, 3.8) is 0 Å². The Hall–Kier alpha value is -2.76. The largest absolute Gasteiger partial charge is 0.418 e. The Balaban J connectivity index is 2.03. The highest BCUT2D eigenvalue weighted by atomic mass is 19.4. The van der Waals surface area contributed by atoms with Gasteiger partial charge in [-0.15, -0.1) is 0 Å². The molecule has 2 aromatic rings. The van der Waals surface area contributed by atoms with Crippen LogP contribution in [0.4, 0.5) is 24.5 Å². The summed E-state index contributed by atoms with van der Waals surface area (Å²) in [6.07, 6.45) is -3.04. The standard InChI is InChI=1S/C17H13F3N2O/c1-22(15-9-5-3-7-13(15)17(18,19)20)10-12-11-6-2-4-8-14(11)21-16(12)23/h2-10H,1H3,(H,21,23)/b12-10+. The molecule has 2 aromatic carbocycles. The Labute approximate surface area is 131 Å². The molecule has 23 heavy (non-hydrogen) atoms. The quantitative estimate of drug-likeness (QED) is 0.844. The second-order valence-corrected chi connectivity index (χ2v) is 5.17. The van der Waals surface area contributed by atoms with Gasteiger partial charge in [-0.05, 0) is 18.2 Å². The maximum absolute atomic E-state index is 13.1. The number of nitrogens with one attached hydrogen (secondary N) is 1. The van der Waals surface area contributed by atoms with Gasteiger partial charge in [0.15, 0.2) is 0 Å². The minimum atomic E-state index is -4.46. The smallest absolute Gasteiger partial charge is 0.350 e. The van der Waals surface area contributed by atoms with Crippen molar-refractivity contribution in [2.45, 2.75) is 6.18 Å². The zero-order chi connectivity index (χ0) is 16.6. The third-order valence-corrected chi connectivity index (χ3v) is 3.62. The van der Waals surface area contributed by atoms with Crippen LogP contribution in [0.15, 0.2) is 54.7 Å². The number of amides is 1. The van der Waals surface area contributed by atoms with Crippen molar-refractivity contribution >= 4 is 22.9 Å². The molecule has 0 radical (unpaired) electrons. The SMILES string of the molecule is CN(/C=C1/C(=O)Nc2ccccc21)c1ccccc1C(F)(F)F. The van der Waals surface area contributed by atoms with Gasteiger partial charge in [-0.3, -0.25) is 4.79 Å². The topological polar surface area (TPSA) is 32.3 Å². The number of hydrogen-bond acceptors (Lipinski definition) is 2. The fraction of sp³-hybridized carbons (Fsp3) is 0.118. The Kier molecular flexibility index (Phi) is 3.60. The molecule has 1 aliphatic rings. The molecule has 0 saturated heterocycles. The van der Waals surface area contributed by atoms with E-state index in [1.807, 2.05) is 0 Å². The maximum atomic E-state index is 13.1. The Morgan fingerprint density at radius 2 is 1.70 bits per heavy atom. The Morgan fingerprint density at radius 1 is 1.04 bits per heavy atom. The second-order valence-electron chi connectivity index (χ2n) is 5.17. The number of alkyl halides is 3. The molecule has 1 aliphatic heterocycles. The van der Waals surface area contributed by atoms with Gasteiger partial charge in [-0.2, -0.15) is 13.2 Å². The summed E-state index contributed by atoms with van der Waals surface area (Å²) in [6.45, 7) is 0. The molecule has 0 aliphatic carbocycles. The number of fused-ring (bicyclic) bond motifs is 1. The van der Waals surface area contributed by atoms with Gasteiger partial charge < -0.3 is 10.2 Å². The summed E-state index contributed by atoms with van der Waals surface area (Å²) < 4.78 is 39.3. The van der Waals surface area contributed by atoms with Crippen LogP contribution in [-0.2, 0) is 11.0 Å². The van der Waals surface area contributed by atoms with E-state index in [2.05, 4.69) is 5.32 Å². The lowest BCUT2D eigenvalue weighted by atomic mass is 10.1. The summed E-state index contributed by atoms with van der Waals surface area (Å²) in [6, 6.07) is 12.3. The number of para-hydroxylation sites is 2. The van der Waals surface area contributed by atoms with Crippen LogP contribution in [0.3, 0.4) is 0 Å². The molecule has 1 amide bonds. The van der Waals surface area contributed by atoms with Crippen LogP contribution in [0.5, 0.6) is 0 Å². The Bertz CT molecular complexity index is 796. The van der Waals surface area contributed by atoms with Gasteiger partial charge in [0.05, 0.1) is 16.8 Å². The molecule has 0 spiro atoms. The van der Waals surface area contributed by atoms with Crippen molar-refractivity contribution in [3.05, 3.63) is 65.9 Å². The normalized spacial score (nSPS) is 15.5. The lowest BCUT2D eigenvalue weighted by molar-refractivity contribution is -0.137. The zero-order valence-electron chi connectivity index (χ0n) is 12.2. The van der Waals surface area contributed by atoms with Crippen LogP contribution in [0.1, 0.15) is 11.1 Å². The van der Waals surface area contributed by atoms with Crippen LogP contribution in [0.2, 0.25) is 0 Å². The van der Waals surface area contributed by atoms with Crippen LogP contribution >= 0.6 is 0 Å². The molecular formula is C17H13F3N2O. The summed E-state index contributed by atoms with van der Waals surface area (Å²) in [5.41, 5.74) is 0.908. The number of carbonyl (C=O) groups is 1. The monoisotopic (exact) mass is 318 g/mol. The fourth-order valence-electron chi connectivity index (χ4n) is 2.55. The van der Waals surface area contributed by atoms with E-state index in [0.717, 1.165) is 6.07 Å². The summed E-state index contributed by atoms with van der Waals surface area (Å²) >= 11 is 0. The first kappa shape index (κ1) is 15.1. The van der Waals surface area contributed by atoms with Crippen LogP contribution in [-0.4, -0.2) is 13.0 Å². The molecule has 0 unspecified atom stereocenters. The highest BCUT2D eigenvalue weighted by Crippen LogP contribution is 2.37. The van der Waals surface area contributed by atoms with Crippen molar-refractivity contribution in [1.82, 2.24) is 0 Å². The third kappa shape index (κ3) is 2.79. The third-order valence-electron chi connectivity index (χ3n) is 3.62. The lowest BCUT2D eigenvalue weighted by Crippen LogP contribution is -2.17. The molecule has 0 aromatic heterocycles. The molecule has 0 fully saturated rings. The van der Waals surface area contributed by atoms with E-state index in [0.29, 0.717) is 16.8 Å². The fourth-order valence-corrected chi connectivity index (χ4v) is 2.55. The van der Waals surface area contributed by atoms with Crippen molar-refractivity contribution in [2.24, 2.45) is 0 Å². The highest BCUT2D eigenvalue weighted by Gasteiger charge is 2.34. The van der Waals surface area contributed by atoms with Crippen molar-refractivity contribution < 1.29 is 18.0 Å². The first-order valence-corrected chi connectivity index (χ1v) is 6.89. The summed E-state index contributed by atoms with van der Waals surface area (Å²) in [4.78, 5) is 13.4. The van der Waals surface area contributed by atoms with Crippen molar-refractivity contribution in [1.29, 1.82) is 0 Å². The first-order chi connectivity index (χ1) is 10.9. The predicted octanol–water partition coefficient (Wildman–Crippen LogP) is 4.13. The second kappa shape index (κ2) is 5.46. The number of hydrogen-bond donors (Lipinski definition) is 1. The average Bonchev–Trinajstić information content (AvgIpc) is 2.82. The van der Waals surface area contributed by atoms with Crippen molar-refractivity contribution in [3.8, 4) is 0 Å². The van der Waals surface area contributed by atoms with Crippen LogP contribution < -0.4 is 10.2 Å². The molecule has 118 valence electrons. The van der Waals surface area contributed by atoms with Gasteiger partial charge in [-0.25, -0.2) is 0 Å². The van der Waals surface area contributed by atoms with Gasteiger partial charge >= 0.3 is 6.18 Å². The summed E-state index contributed by atoms with van der Waals surface area (Å²) in [5.74, 6) is -0.331. The van der Waals surface area contributed by atoms with Gasteiger partial charge in [0.1, 0.15) is 0 Å². The minimum absolute atomic E-state index is 0.00955. The van der Waals surface area contributed by atoms with E-state index in [9.17, 15) is 18.0 Å². The summed E-state index contributed by atoms with van der Waals surface area (Å²) in [5, 5.41) is 2.69. The molecular weight excluding hydrogens is 305 g/mol. The predicted molar refractivity (Wildman–Crippen MR) is 82.9 cm³/mol. The molecule has 0 atom stereocenters. The van der Waals surface area contributed by atoms with Gasteiger partial charge in [0.25, 0.3) is 5.91 Å². The van der Waals surface area contributed by atoms with E-state index < -0.39 is 11.7 Å². The van der Waals surface area contributed by atoms with E-state index in [-0.39, 0.29) is 11.6 Å². The van der Waals surface area contributed by atoms with Crippen LogP contribution in [0.25, 0.3) is 5.57 Å². The zero-order valence-corrected chi connectivity index (χ0v) is 12.2. The van der Waals surface area contributed by atoms with Crippen molar-refractivity contribution in [2.75, 3.05) is 17.3 Å². The first-order valence-electron chi connectivity index (χ1n) is 6.89. The number of halogens is 3. The number of anilines is 2. The van der Waals surface area contributed by atoms with Gasteiger partial charge in [-0.1, -0.05) is 30.3 Å². The maximum Gasteiger partial charge on any atom is 0.418 e. The number of benzene rings is 2. The molecule has 1 heterocycles. The van der Waals surface area contributed by atoms with Crippen LogP contribution in [0, 0.1) is 0 Å². The average molecular weight is 318 g/mol. The lowest BCUT2D eigenvalue weighted by Gasteiger charge is -2.20. The number of nitrogens with zero attached hydrogens (tertiary/aromatic N) is 1. The molecule has 3 rings (SSSR count). The Morgan fingerprint density at radius 3 is 2.43 bits per heavy atom. The molecule has 0 bridgehead atoms. The van der Waals surface area contributed by atoms with E-state index in [1.165, 1.54) is 36.3 Å². The molecule has 6 heteroatoms. The van der Waals surface area contributed by atoms with Gasteiger partial charge in [0.2, 0.25) is 0 Å². The highest BCUT2D eigenvalue weighted by molar-refractivity contribution is 6.31. The van der Waals surface area contributed by atoms with E-state index in [4.69, 9.17) is 0 Å². The molecule has 3 nitrogen and oxygen atoms in total. The van der Waals surface area contributed by atoms with E-state index in [1.54, 1.807) is 24.3 Å². The molecule has 0 saturated carbocycles. The van der Waals surface area contributed by atoms with Gasteiger partial charge in [0, 0.05) is 24.5 Å². The van der Waals surface area contributed by atoms with E-state index >= 15 is 0 Å². The number of rotatable bonds is 2. The summed E-state index contributed by atoms with van der Waals surface area (Å²) in [7, 11) is 1.49. The molecule has 1 N–H and O–H groups in total. The number of carbonyl (C=O) groups excluding carboxylic acids is 1.